The van der Waals surface area contributed by atoms with Crippen LogP contribution < -0.4 is 10.5 Å². The Balaban J connectivity index is 3.09. The third-order valence-corrected chi connectivity index (χ3v) is 3.79. The first-order valence-electron chi connectivity index (χ1n) is 5.05. The molecule has 0 saturated heterocycles. The summed E-state index contributed by atoms with van der Waals surface area (Å²) in [5.41, 5.74) is 6.19. The van der Waals surface area contributed by atoms with Gasteiger partial charge in [0, 0.05) is 19.7 Å². The van der Waals surface area contributed by atoms with Gasteiger partial charge in [0.05, 0.1) is 17.3 Å². The van der Waals surface area contributed by atoms with Crippen molar-refractivity contribution in [2.45, 2.75) is 0 Å². The van der Waals surface area contributed by atoms with Crippen LogP contribution in [0.25, 0.3) is 0 Å². The van der Waals surface area contributed by atoms with E-state index in [0.29, 0.717) is 10.6 Å². The van der Waals surface area contributed by atoms with Crippen LogP contribution >= 0.6 is 11.6 Å². The van der Waals surface area contributed by atoms with Gasteiger partial charge in [-0.15, -0.1) is 0 Å². The fourth-order valence-corrected chi connectivity index (χ4v) is 1.91. The maximum Gasteiger partial charge on any atom is 0.301 e. The SMILES string of the molecule is CN(C)S(=O)(=O)Nc1cc(C#CCN)ccc1Cl. The molecule has 0 heterocycles. The van der Waals surface area contributed by atoms with Crippen molar-refractivity contribution in [2.24, 2.45) is 5.73 Å². The van der Waals surface area contributed by atoms with Crippen molar-refractivity contribution < 1.29 is 8.42 Å². The van der Waals surface area contributed by atoms with Crippen LogP contribution in [0, 0.1) is 11.8 Å². The van der Waals surface area contributed by atoms with Crippen LogP contribution in [0.3, 0.4) is 0 Å². The van der Waals surface area contributed by atoms with Crippen LogP contribution in [0.2, 0.25) is 5.02 Å². The monoisotopic (exact) mass is 287 g/mol. The van der Waals surface area contributed by atoms with Crippen molar-refractivity contribution in [1.82, 2.24) is 4.31 Å². The van der Waals surface area contributed by atoms with Crippen molar-refractivity contribution in [3.63, 3.8) is 0 Å². The zero-order chi connectivity index (χ0) is 13.8. The highest BCUT2D eigenvalue weighted by Crippen LogP contribution is 2.24. The third kappa shape index (κ3) is 3.89. The molecule has 0 saturated carbocycles. The summed E-state index contributed by atoms with van der Waals surface area (Å²) in [6.45, 7) is 0.237. The van der Waals surface area contributed by atoms with Crippen molar-refractivity contribution in [2.75, 3.05) is 25.4 Å². The third-order valence-electron chi connectivity index (χ3n) is 2.02. The van der Waals surface area contributed by atoms with Crippen molar-refractivity contribution in [1.29, 1.82) is 0 Å². The number of hydrogen-bond acceptors (Lipinski definition) is 3. The molecule has 5 nitrogen and oxygen atoms in total. The predicted molar refractivity (Wildman–Crippen MR) is 73.6 cm³/mol. The Kier molecular flexibility index (Phi) is 4.99. The number of hydrogen-bond donors (Lipinski definition) is 2. The molecular formula is C11H14ClN3O2S. The Labute approximate surface area is 112 Å². The second kappa shape index (κ2) is 6.07. The Bertz CT molecular complexity index is 588. The average molecular weight is 288 g/mol. The topological polar surface area (TPSA) is 75.4 Å². The molecule has 7 heteroatoms. The second-order valence-corrected chi connectivity index (χ2v) is 5.88. The molecule has 0 atom stereocenters. The number of nitrogens with one attached hydrogen (secondary N) is 1. The molecular weight excluding hydrogens is 274 g/mol. The van der Waals surface area contributed by atoms with Crippen LogP contribution in [0.1, 0.15) is 5.56 Å². The molecule has 0 aliphatic rings. The molecule has 0 spiro atoms. The molecule has 3 N–H and O–H groups in total. The fraction of sp³-hybridized carbons (Fsp3) is 0.273. The van der Waals surface area contributed by atoms with Gasteiger partial charge in [-0.25, -0.2) is 0 Å². The number of benzene rings is 1. The lowest BCUT2D eigenvalue weighted by atomic mass is 10.2. The van der Waals surface area contributed by atoms with E-state index in [-0.39, 0.29) is 12.2 Å². The summed E-state index contributed by atoms with van der Waals surface area (Å²) in [4.78, 5) is 0. The maximum atomic E-state index is 11.7. The summed E-state index contributed by atoms with van der Waals surface area (Å²) >= 11 is 5.92. The lowest BCUT2D eigenvalue weighted by Gasteiger charge is -2.14. The highest BCUT2D eigenvalue weighted by molar-refractivity contribution is 7.90. The van der Waals surface area contributed by atoms with Gasteiger partial charge >= 0.3 is 10.2 Å². The normalized spacial score (nSPS) is 10.9. The summed E-state index contributed by atoms with van der Waals surface area (Å²) in [5.74, 6) is 5.49. The number of nitrogens with zero attached hydrogens (tertiary/aromatic N) is 1. The molecule has 1 aromatic rings. The lowest BCUT2D eigenvalue weighted by molar-refractivity contribution is 0.527. The highest BCUT2D eigenvalue weighted by atomic mass is 35.5. The minimum Gasteiger partial charge on any atom is -0.320 e. The van der Waals surface area contributed by atoms with Gasteiger partial charge in [-0.3, -0.25) is 4.72 Å². The average Bonchev–Trinajstić information content (AvgIpc) is 2.29. The van der Waals surface area contributed by atoms with Crippen molar-refractivity contribution >= 4 is 27.5 Å². The molecule has 0 aliphatic heterocycles. The summed E-state index contributed by atoms with van der Waals surface area (Å²) < 4.78 is 26.8. The zero-order valence-corrected chi connectivity index (χ0v) is 11.6. The Morgan fingerprint density at radius 2 is 2.11 bits per heavy atom. The largest absolute Gasteiger partial charge is 0.320 e. The minimum atomic E-state index is -3.59. The Hall–Kier alpha value is -1.26. The summed E-state index contributed by atoms with van der Waals surface area (Å²) in [6, 6.07) is 4.83. The predicted octanol–water partition coefficient (Wildman–Crippen LogP) is 0.869. The van der Waals surface area contributed by atoms with Crippen molar-refractivity contribution in [3.8, 4) is 11.8 Å². The van der Waals surface area contributed by atoms with Gasteiger partial charge in [0.15, 0.2) is 0 Å². The van der Waals surface area contributed by atoms with Gasteiger partial charge in [0.25, 0.3) is 0 Å². The van der Waals surface area contributed by atoms with Crippen LogP contribution in [0.15, 0.2) is 18.2 Å². The van der Waals surface area contributed by atoms with Gasteiger partial charge in [-0.1, -0.05) is 23.4 Å². The molecule has 1 rings (SSSR count). The van der Waals surface area contributed by atoms with E-state index in [4.69, 9.17) is 17.3 Å². The number of rotatable bonds is 3. The maximum absolute atomic E-state index is 11.7. The van der Waals surface area contributed by atoms with Gasteiger partial charge in [0.2, 0.25) is 0 Å². The van der Waals surface area contributed by atoms with Gasteiger partial charge in [-0.2, -0.15) is 12.7 Å². The quantitative estimate of drug-likeness (QED) is 0.810. The smallest absolute Gasteiger partial charge is 0.301 e. The molecule has 0 amide bonds. The van der Waals surface area contributed by atoms with Crippen LogP contribution in [0.4, 0.5) is 5.69 Å². The van der Waals surface area contributed by atoms with Crippen LogP contribution in [-0.4, -0.2) is 33.4 Å². The molecule has 0 aliphatic carbocycles. The Morgan fingerprint density at radius 1 is 1.44 bits per heavy atom. The lowest BCUT2D eigenvalue weighted by Crippen LogP contribution is -2.29. The molecule has 1 aromatic carbocycles. The fourth-order valence-electron chi connectivity index (χ4n) is 1.06. The van der Waals surface area contributed by atoms with E-state index in [9.17, 15) is 8.42 Å². The Morgan fingerprint density at radius 3 is 2.67 bits per heavy atom. The van der Waals surface area contributed by atoms with E-state index in [1.807, 2.05) is 0 Å². The molecule has 0 unspecified atom stereocenters. The van der Waals surface area contributed by atoms with E-state index < -0.39 is 10.2 Å². The molecule has 0 bridgehead atoms. The molecule has 0 aromatic heterocycles. The number of anilines is 1. The van der Waals surface area contributed by atoms with Crippen molar-refractivity contribution in [3.05, 3.63) is 28.8 Å². The molecule has 0 radical (unpaired) electrons. The molecule has 18 heavy (non-hydrogen) atoms. The van der Waals surface area contributed by atoms with E-state index in [0.717, 1.165) is 4.31 Å². The van der Waals surface area contributed by atoms with E-state index >= 15 is 0 Å². The molecule has 0 fully saturated rings. The van der Waals surface area contributed by atoms with Crippen LogP contribution in [0.5, 0.6) is 0 Å². The van der Waals surface area contributed by atoms with Gasteiger partial charge in [-0.05, 0) is 18.2 Å². The van der Waals surface area contributed by atoms with E-state index in [1.165, 1.54) is 14.1 Å². The number of halogens is 1. The van der Waals surface area contributed by atoms with E-state index in [2.05, 4.69) is 16.6 Å². The van der Waals surface area contributed by atoms with E-state index in [1.54, 1.807) is 18.2 Å². The first-order valence-corrected chi connectivity index (χ1v) is 6.87. The zero-order valence-electron chi connectivity index (χ0n) is 10.1. The summed E-state index contributed by atoms with van der Waals surface area (Å²) in [7, 11) is -0.735. The second-order valence-electron chi connectivity index (χ2n) is 3.59. The van der Waals surface area contributed by atoms with Crippen LogP contribution in [-0.2, 0) is 10.2 Å². The minimum absolute atomic E-state index is 0.237. The van der Waals surface area contributed by atoms with Gasteiger partial charge in [0.1, 0.15) is 0 Å². The first kappa shape index (κ1) is 14.8. The first-order chi connectivity index (χ1) is 8.36. The highest BCUT2D eigenvalue weighted by Gasteiger charge is 2.14. The summed E-state index contributed by atoms with van der Waals surface area (Å²) in [5, 5.41) is 0.304. The summed E-state index contributed by atoms with van der Waals surface area (Å²) in [6.07, 6.45) is 0. The van der Waals surface area contributed by atoms with Gasteiger partial charge < -0.3 is 5.73 Å². The standard InChI is InChI=1S/C11H14ClN3O2S/c1-15(2)18(16,17)14-11-8-9(4-3-7-13)5-6-10(11)12/h5-6,8,14H,7,13H2,1-2H3. The number of nitrogens with two attached hydrogens (primary N) is 1. The molecule has 98 valence electrons.